The number of benzene rings is 1. The van der Waals surface area contributed by atoms with E-state index >= 15 is 0 Å². The van der Waals surface area contributed by atoms with Gasteiger partial charge < -0.3 is 4.74 Å². The Bertz CT molecular complexity index is 751. The van der Waals surface area contributed by atoms with Gasteiger partial charge in [-0.1, -0.05) is 24.3 Å². The van der Waals surface area contributed by atoms with Crippen LogP contribution in [0.5, 0.6) is 5.75 Å². The van der Waals surface area contributed by atoms with Crippen LogP contribution in [-0.2, 0) is 0 Å². The minimum Gasteiger partial charge on any atom is -0.494 e. The topological polar surface area (TPSA) is 35.0 Å². The predicted molar refractivity (Wildman–Crippen MR) is 70.5 cm³/mol. The third-order valence-electron chi connectivity index (χ3n) is 3.42. The summed E-state index contributed by atoms with van der Waals surface area (Å²) in [4.78, 5) is 9.02. The van der Waals surface area contributed by atoms with E-state index in [9.17, 15) is 0 Å². The van der Waals surface area contributed by atoms with Gasteiger partial charge in [0, 0.05) is 28.1 Å². The third-order valence-corrected chi connectivity index (χ3v) is 3.42. The number of rotatable bonds is 1. The summed E-state index contributed by atoms with van der Waals surface area (Å²) in [7, 11) is 1.67. The number of hydrogen-bond donors (Lipinski definition) is 0. The second kappa shape index (κ2) is 3.29. The lowest BCUT2D eigenvalue weighted by Gasteiger charge is -2.05. The first-order valence-electron chi connectivity index (χ1n) is 5.81. The standard InChI is InChI=1S/C15H10N2O/c1-18-12-8-17-15-10-5-3-2-4-9(10)14-13(15)11(12)6-7-16-14/h2-8H,1H3. The van der Waals surface area contributed by atoms with E-state index < -0.39 is 0 Å². The minimum atomic E-state index is 0.796. The molecule has 3 nitrogen and oxygen atoms in total. The molecule has 2 heterocycles. The number of hydrogen-bond acceptors (Lipinski definition) is 3. The highest BCUT2D eigenvalue weighted by molar-refractivity contribution is 6.13. The van der Waals surface area contributed by atoms with E-state index in [2.05, 4.69) is 22.1 Å². The van der Waals surface area contributed by atoms with Gasteiger partial charge in [-0.15, -0.1) is 0 Å². The molecular formula is C15H10N2O. The van der Waals surface area contributed by atoms with Crippen molar-refractivity contribution in [2.24, 2.45) is 0 Å². The predicted octanol–water partition coefficient (Wildman–Crippen LogP) is 3.29. The van der Waals surface area contributed by atoms with E-state index in [0.717, 1.165) is 39.0 Å². The van der Waals surface area contributed by atoms with Gasteiger partial charge in [-0.05, 0) is 6.07 Å². The third kappa shape index (κ3) is 1.03. The first-order chi connectivity index (χ1) is 8.90. The molecule has 3 aromatic rings. The zero-order valence-corrected chi connectivity index (χ0v) is 9.84. The monoisotopic (exact) mass is 234 g/mol. The molecule has 86 valence electrons. The van der Waals surface area contributed by atoms with Gasteiger partial charge in [-0.3, -0.25) is 9.97 Å². The maximum absolute atomic E-state index is 5.37. The van der Waals surface area contributed by atoms with Crippen LogP contribution < -0.4 is 4.74 Å². The van der Waals surface area contributed by atoms with Crippen molar-refractivity contribution >= 4 is 10.8 Å². The molecule has 2 aromatic heterocycles. The van der Waals surface area contributed by atoms with Crippen molar-refractivity contribution in [1.82, 2.24) is 9.97 Å². The molecule has 0 radical (unpaired) electrons. The molecule has 1 aliphatic rings. The Labute approximate surface area is 104 Å². The average Bonchev–Trinajstić information content (AvgIpc) is 2.77. The van der Waals surface area contributed by atoms with Gasteiger partial charge in [0.15, 0.2) is 0 Å². The van der Waals surface area contributed by atoms with Crippen LogP contribution >= 0.6 is 0 Å². The van der Waals surface area contributed by atoms with Crippen molar-refractivity contribution in [3.63, 3.8) is 0 Å². The lowest BCUT2D eigenvalue weighted by molar-refractivity contribution is 0.418. The number of nitrogens with zero attached hydrogens (tertiary/aromatic N) is 2. The van der Waals surface area contributed by atoms with Crippen LogP contribution in [0, 0.1) is 0 Å². The van der Waals surface area contributed by atoms with Gasteiger partial charge in [0.05, 0.1) is 24.7 Å². The normalized spacial score (nSPS) is 11.6. The maximum atomic E-state index is 5.37. The number of aromatic nitrogens is 2. The van der Waals surface area contributed by atoms with Gasteiger partial charge in [-0.25, -0.2) is 0 Å². The quantitative estimate of drug-likeness (QED) is 0.507. The van der Waals surface area contributed by atoms with Crippen LogP contribution in [0.3, 0.4) is 0 Å². The van der Waals surface area contributed by atoms with Crippen molar-refractivity contribution < 1.29 is 4.74 Å². The first-order valence-corrected chi connectivity index (χ1v) is 5.81. The fourth-order valence-electron chi connectivity index (χ4n) is 2.63. The van der Waals surface area contributed by atoms with Gasteiger partial charge >= 0.3 is 0 Å². The molecule has 18 heavy (non-hydrogen) atoms. The van der Waals surface area contributed by atoms with E-state index in [4.69, 9.17) is 4.74 Å². The van der Waals surface area contributed by atoms with E-state index in [1.165, 1.54) is 0 Å². The zero-order valence-electron chi connectivity index (χ0n) is 9.84. The molecule has 0 saturated heterocycles. The number of ether oxygens (including phenoxy) is 1. The Morgan fingerprint density at radius 2 is 1.67 bits per heavy atom. The number of methoxy groups -OCH3 is 1. The summed E-state index contributed by atoms with van der Waals surface area (Å²) in [5, 5.41) is 2.17. The van der Waals surface area contributed by atoms with Gasteiger partial charge in [-0.2, -0.15) is 0 Å². The molecule has 1 aromatic carbocycles. The molecule has 0 spiro atoms. The smallest absolute Gasteiger partial charge is 0.145 e. The lowest BCUT2D eigenvalue weighted by Crippen LogP contribution is -1.89. The summed E-state index contributed by atoms with van der Waals surface area (Å²) in [6.07, 6.45) is 3.61. The summed E-state index contributed by atoms with van der Waals surface area (Å²) in [6.45, 7) is 0. The molecule has 1 aliphatic carbocycles. The number of fused-ring (bicyclic) bond motifs is 3. The average molecular weight is 234 g/mol. The lowest BCUT2D eigenvalue weighted by atomic mass is 10.1. The molecule has 0 bridgehead atoms. The van der Waals surface area contributed by atoms with Crippen LogP contribution in [0.4, 0.5) is 0 Å². The summed E-state index contributed by atoms with van der Waals surface area (Å²) < 4.78 is 5.37. The van der Waals surface area contributed by atoms with E-state index in [1.807, 2.05) is 24.4 Å². The van der Waals surface area contributed by atoms with Crippen LogP contribution in [0.15, 0.2) is 42.7 Å². The van der Waals surface area contributed by atoms with Gasteiger partial charge in [0.25, 0.3) is 0 Å². The van der Waals surface area contributed by atoms with Gasteiger partial charge in [0.2, 0.25) is 0 Å². The summed E-state index contributed by atoms with van der Waals surface area (Å²) in [6, 6.07) is 10.2. The summed E-state index contributed by atoms with van der Waals surface area (Å²) >= 11 is 0. The van der Waals surface area contributed by atoms with Crippen molar-refractivity contribution in [2.75, 3.05) is 7.11 Å². The molecule has 0 atom stereocenters. The molecule has 4 rings (SSSR count). The van der Waals surface area contributed by atoms with Crippen LogP contribution in [0.25, 0.3) is 33.3 Å². The highest BCUT2D eigenvalue weighted by Gasteiger charge is 2.24. The Kier molecular flexibility index (Phi) is 1.75. The summed E-state index contributed by atoms with van der Waals surface area (Å²) in [5.41, 5.74) is 4.31. The molecule has 3 heteroatoms. The van der Waals surface area contributed by atoms with E-state index in [0.29, 0.717) is 0 Å². The molecule has 0 aliphatic heterocycles. The van der Waals surface area contributed by atoms with Crippen LogP contribution in [0.2, 0.25) is 0 Å². The Hall–Kier alpha value is -2.42. The fraction of sp³-hybridized carbons (Fsp3) is 0.0667. The number of pyridine rings is 2. The molecule has 0 N–H and O–H groups in total. The van der Waals surface area contributed by atoms with Crippen molar-refractivity contribution in [1.29, 1.82) is 0 Å². The highest BCUT2D eigenvalue weighted by atomic mass is 16.5. The second-order valence-electron chi connectivity index (χ2n) is 4.30. The van der Waals surface area contributed by atoms with Crippen molar-refractivity contribution in [3.8, 4) is 28.3 Å². The molecule has 0 amide bonds. The van der Waals surface area contributed by atoms with Crippen LogP contribution in [0.1, 0.15) is 0 Å². The summed E-state index contributed by atoms with van der Waals surface area (Å²) in [5.74, 6) is 0.796. The highest BCUT2D eigenvalue weighted by Crippen LogP contribution is 2.46. The van der Waals surface area contributed by atoms with Crippen molar-refractivity contribution in [3.05, 3.63) is 42.7 Å². The minimum absolute atomic E-state index is 0.796. The Balaban J connectivity index is 2.23. The molecule has 0 unspecified atom stereocenters. The molecular weight excluding hydrogens is 224 g/mol. The Morgan fingerprint density at radius 1 is 0.944 bits per heavy atom. The van der Waals surface area contributed by atoms with E-state index in [-0.39, 0.29) is 0 Å². The SMILES string of the molecule is COc1cnc2c3c(nccc13)-c1ccccc1-2. The molecule has 0 fully saturated rings. The van der Waals surface area contributed by atoms with E-state index in [1.54, 1.807) is 13.3 Å². The molecule has 0 saturated carbocycles. The largest absolute Gasteiger partial charge is 0.494 e. The van der Waals surface area contributed by atoms with Gasteiger partial charge in [0.1, 0.15) is 5.75 Å². The second-order valence-corrected chi connectivity index (χ2v) is 4.30. The van der Waals surface area contributed by atoms with Crippen LogP contribution in [-0.4, -0.2) is 17.1 Å². The Morgan fingerprint density at radius 3 is 2.39 bits per heavy atom. The zero-order chi connectivity index (χ0) is 12.1. The van der Waals surface area contributed by atoms with Crippen molar-refractivity contribution in [2.45, 2.75) is 0 Å². The fourth-order valence-corrected chi connectivity index (χ4v) is 2.63. The first kappa shape index (κ1) is 9.59. The maximum Gasteiger partial charge on any atom is 0.145 e.